The summed E-state index contributed by atoms with van der Waals surface area (Å²) >= 11 is 0. The van der Waals surface area contributed by atoms with Gasteiger partial charge < -0.3 is 9.88 Å². The van der Waals surface area contributed by atoms with E-state index in [1.165, 1.54) is 38.6 Å². The highest BCUT2D eigenvalue weighted by molar-refractivity contribution is 6.08. The Morgan fingerprint density at radius 1 is 0.929 bits per heavy atom. The number of rotatable bonds is 2. The lowest BCUT2D eigenvalue weighted by Gasteiger charge is -2.37. The Bertz CT molecular complexity index is 1230. The maximum Gasteiger partial charge on any atom is 0.0554 e. The number of para-hydroxylation sites is 2. The van der Waals surface area contributed by atoms with Crippen LogP contribution in [0.4, 0.5) is 5.69 Å². The zero-order valence-corrected chi connectivity index (χ0v) is 16.1. The van der Waals surface area contributed by atoms with Gasteiger partial charge in [-0.15, -0.1) is 0 Å². The van der Waals surface area contributed by atoms with Gasteiger partial charge in [-0.05, 0) is 54.7 Å². The summed E-state index contributed by atoms with van der Waals surface area (Å²) in [5.74, 6) is 1.11. The lowest BCUT2D eigenvalue weighted by Crippen LogP contribution is -2.28. The van der Waals surface area contributed by atoms with Gasteiger partial charge in [-0.2, -0.15) is 0 Å². The van der Waals surface area contributed by atoms with E-state index in [1.54, 1.807) is 0 Å². The van der Waals surface area contributed by atoms with E-state index >= 15 is 0 Å². The lowest BCUT2D eigenvalue weighted by molar-refractivity contribution is 0.426. The van der Waals surface area contributed by atoms with Gasteiger partial charge in [0.05, 0.1) is 6.04 Å². The van der Waals surface area contributed by atoms with Crippen LogP contribution >= 0.6 is 0 Å². The van der Waals surface area contributed by atoms with Crippen LogP contribution in [-0.2, 0) is 6.54 Å². The molecule has 3 atom stereocenters. The molecule has 6 rings (SSSR count). The second kappa shape index (κ2) is 6.00. The van der Waals surface area contributed by atoms with Gasteiger partial charge >= 0.3 is 0 Å². The molecule has 2 nitrogen and oxygen atoms in total. The predicted octanol–water partition coefficient (Wildman–Crippen LogP) is 6.64. The smallest absolute Gasteiger partial charge is 0.0554 e. The number of nitrogens with one attached hydrogen (secondary N) is 1. The van der Waals surface area contributed by atoms with Crippen LogP contribution in [-0.4, -0.2) is 4.57 Å². The van der Waals surface area contributed by atoms with Crippen LogP contribution in [0, 0.1) is 5.92 Å². The number of fused-ring (bicyclic) bond motifs is 6. The van der Waals surface area contributed by atoms with Crippen LogP contribution in [0.25, 0.3) is 21.8 Å². The zero-order chi connectivity index (χ0) is 18.7. The van der Waals surface area contributed by atoms with E-state index in [0.717, 1.165) is 13.0 Å². The van der Waals surface area contributed by atoms with E-state index in [1.807, 2.05) is 0 Å². The van der Waals surface area contributed by atoms with Gasteiger partial charge in [-0.1, -0.05) is 54.6 Å². The summed E-state index contributed by atoms with van der Waals surface area (Å²) in [5.41, 5.74) is 6.81. The van der Waals surface area contributed by atoms with Gasteiger partial charge in [0.1, 0.15) is 0 Å². The van der Waals surface area contributed by atoms with Gasteiger partial charge in [0, 0.05) is 40.0 Å². The molecular formula is C26H24N2. The van der Waals surface area contributed by atoms with Gasteiger partial charge in [0.15, 0.2) is 0 Å². The molecule has 0 saturated carbocycles. The van der Waals surface area contributed by atoms with Crippen molar-refractivity contribution >= 4 is 27.5 Å². The Hall–Kier alpha value is -3.00. The van der Waals surface area contributed by atoms with E-state index < -0.39 is 0 Å². The molecule has 0 fully saturated rings. The second-order valence-electron chi connectivity index (χ2n) is 8.10. The fourth-order valence-electron chi connectivity index (χ4n) is 5.48. The average Bonchev–Trinajstić information content (AvgIpc) is 3.36. The normalized spacial score (nSPS) is 23.0. The van der Waals surface area contributed by atoms with E-state index in [9.17, 15) is 0 Å². The van der Waals surface area contributed by atoms with E-state index in [4.69, 9.17) is 0 Å². The van der Waals surface area contributed by atoms with Crippen molar-refractivity contribution in [3.05, 3.63) is 90.0 Å². The molecule has 4 aromatic rings. The van der Waals surface area contributed by atoms with Crippen molar-refractivity contribution in [2.45, 2.75) is 31.8 Å². The van der Waals surface area contributed by atoms with Crippen LogP contribution < -0.4 is 5.32 Å². The number of allylic oxidation sites excluding steroid dienone is 2. The number of aryl methyl sites for hydroxylation is 1. The fourth-order valence-corrected chi connectivity index (χ4v) is 5.48. The highest BCUT2D eigenvalue weighted by Crippen LogP contribution is 2.50. The maximum absolute atomic E-state index is 3.87. The Labute approximate surface area is 165 Å². The monoisotopic (exact) mass is 364 g/mol. The first-order chi connectivity index (χ1) is 13.8. The minimum atomic E-state index is 0.350. The molecule has 0 bridgehead atoms. The van der Waals surface area contributed by atoms with E-state index in [-0.39, 0.29) is 0 Å². The predicted molar refractivity (Wildman–Crippen MR) is 118 cm³/mol. The van der Waals surface area contributed by atoms with Crippen LogP contribution in [0.3, 0.4) is 0 Å². The van der Waals surface area contributed by atoms with Gasteiger partial charge in [-0.3, -0.25) is 0 Å². The van der Waals surface area contributed by atoms with Crippen LogP contribution in [0.5, 0.6) is 0 Å². The average molecular weight is 364 g/mol. The highest BCUT2D eigenvalue weighted by Gasteiger charge is 2.37. The molecule has 0 amide bonds. The van der Waals surface area contributed by atoms with Crippen molar-refractivity contribution in [1.29, 1.82) is 0 Å². The highest BCUT2D eigenvalue weighted by atomic mass is 15.0. The minimum Gasteiger partial charge on any atom is -0.378 e. The number of aromatic nitrogens is 1. The summed E-state index contributed by atoms with van der Waals surface area (Å²) in [7, 11) is 0. The molecule has 0 radical (unpaired) electrons. The molecule has 2 heteroatoms. The molecule has 2 aliphatic rings. The summed E-state index contributed by atoms with van der Waals surface area (Å²) in [6.45, 7) is 3.22. The molecule has 3 aromatic carbocycles. The van der Waals surface area contributed by atoms with E-state index in [2.05, 4.69) is 95.7 Å². The lowest BCUT2D eigenvalue weighted by atomic mass is 9.77. The topological polar surface area (TPSA) is 17.0 Å². The van der Waals surface area contributed by atoms with Gasteiger partial charge in [0.2, 0.25) is 0 Å². The molecule has 1 aliphatic heterocycles. The third-order valence-corrected chi connectivity index (χ3v) is 6.74. The zero-order valence-electron chi connectivity index (χ0n) is 16.1. The van der Waals surface area contributed by atoms with Crippen LogP contribution in [0.2, 0.25) is 0 Å². The molecular weight excluding hydrogens is 340 g/mol. The molecule has 3 unspecified atom stereocenters. The number of hydrogen-bond donors (Lipinski definition) is 1. The Balaban J connectivity index is 1.53. The molecule has 1 N–H and O–H groups in total. The summed E-state index contributed by atoms with van der Waals surface area (Å²) in [6, 6.07) is 25.1. The molecule has 0 saturated heterocycles. The molecule has 1 aliphatic carbocycles. The molecule has 2 heterocycles. The Morgan fingerprint density at radius 2 is 1.75 bits per heavy atom. The number of anilines is 1. The first kappa shape index (κ1) is 16.0. The molecule has 28 heavy (non-hydrogen) atoms. The largest absolute Gasteiger partial charge is 0.378 e. The summed E-state index contributed by atoms with van der Waals surface area (Å²) in [4.78, 5) is 0. The van der Waals surface area contributed by atoms with Crippen molar-refractivity contribution < 1.29 is 0 Å². The first-order valence-corrected chi connectivity index (χ1v) is 10.4. The summed E-state index contributed by atoms with van der Waals surface area (Å²) in [5, 5.41) is 6.60. The number of benzene rings is 3. The standard InChI is InChI=1S/C26H24N2/c1-2-28-24-13-6-4-9-20(24)22-16-17(14-15-25(22)28)26-21-11-7-10-18(21)19-8-3-5-12-23(19)27-26/h3-10,12-16,18,21,26-27H,2,11H2,1H3. The SMILES string of the molecule is CCn1c2ccccc2c2cc(C3Nc4ccccc4C4C=CCC43)ccc21. The number of hydrogen-bond acceptors (Lipinski definition) is 1. The first-order valence-electron chi connectivity index (χ1n) is 10.4. The summed E-state index contributed by atoms with van der Waals surface area (Å²) in [6.07, 6.45) is 5.93. The summed E-state index contributed by atoms with van der Waals surface area (Å²) < 4.78 is 2.43. The van der Waals surface area contributed by atoms with Crippen LogP contribution in [0.1, 0.15) is 36.4 Å². The van der Waals surface area contributed by atoms with Crippen molar-refractivity contribution in [1.82, 2.24) is 4.57 Å². The Kier molecular flexibility index (Phi) is 3.43. The van der Waals surface area contributed by atoms with E-state index in [0.29, 0.717) is 17.9 Å². The second-order valence-corrected chi connectivity index (χ2v) is 8.10. The van der Waals surface area contributed by atoms with Crippen LogP contribution in [0.15, 0.2) is 78.9 Å². The van der Waals surface area contributed by atoms with Crippen molar-refractivity contribution in [2.24, 2.45) is 5.92 Å². The molecule has 0 spiro atoms. The maximum atomic E-state index is 3.87. The van der Waals surface area contributed by atoms with Gasteiger partial charge in [0.25, 0.3) is 0 Å². The van der Waals surface area contributed by atoms with Crippen molar-refractivity contribution in [3.8, 4) is 0 Å². The van der Waals surface area contributed by atoms with Crippen molar-refractivity contribution in [2.75, 3.05) is 5.32 Å². The third kappa shape index (κ3) is 2.15. The minimum absolute atomic E-state index is 0.350. The van der Waals surface area contributed by atoms with Crippen molar-refractivity contribution in [3.63, 3.8) is 0 Å². The number of nitrogens with zero attached hydrogens (tertiary/aromatic N) is 1. The third-order valence-electron chi connectivity index (χ3n) is 6.74. The Morgan fingerprint density at radius 3 is 2.68 bits per heavy atom. The fraction of sp³-hybridized carbons (Fsp3) is 0.231. The molecule has 138 valence electrons. The molecule has 1 aromatic heterocycles. The quantitative estimate of drug-likeness (QED) is 0.394. The van der Waals surface area contributed by atoms with Gasteiger partial charge in [-0.25, -0.2) is 0 Å².